The van der Waals surface area contributed by atoms with Crippen LogP contribution in [0.5, 0.6) is 0 Å². The summed E-state index contributed by atoms with van der Waals surface area (Å²) in [6, 6.07) is 10.5. The lowest BCUT2D eigenvalue weighted by molar-refractivity contribution is -1.07. The van der Waals surface area contributed by atoms with Crippen molar-refractivity contribution in [2.75, 3.05) is 57.3 Å². The number of fused-ring (bicyclic) bond motifs is 5. The van der Waals surface area contributed by atoms with E-state index in [0.717, 1.165) is 65.8 Å². The molecule has 0 aromatic heterocycles. The van der Waals surface area contributed by atoms with E-state index in [-0.39, 0.29) is 17.9 Å². The fraction of sp³-hybridized carbons (Fsp3) is 0.714. The number of benzene rings is 1. The molecule has 2 aliphatic carbocycles. The highest BCUT2D eigenvalue weighted by Crippen LogP contribution is 2.49. The van der Waals surface area contributed by atoms with Crippen LogP contribution in [0.25, 0.3) is 0 Å². The number of rotatable bonds is 8. The van der Waals surface area contributed by atoms with Gasteiger partial charge in [-0.15, -0.1) is 0 Å². The molecule has 6 nitrogen and oxygen atoms in total. The van der Waals surface area contributed by atoms with Gasteiger partial charge in [-0.3, -0.25) is 9.59 Å². The smallest absolute Gasteiger partial charge is 0.282 e. The van der Waals surface area contributed by atoms with E-state index < -0.39 is 0 Å². The largest absolute Gasteiger partial charge is 0.348 e. The van der Waals surface area contributed by atoms with Crippen LogP contribution in [-0.4, -0.2) is 85.2 Å². The van der Waals surface area contributed by atoms with Crippen LogP contribution < -0.4 is 10.2 Å². The average molecular weight is 469 g/mol. The van der Waals surface area contributed by atoms with Crippen molar-refractivity contribution in [1.82, 2.24) is 5.32 Å². The summed E-state index contributed by atoms with van der Waals surface area (Å²) in [5.74, 6) is 2.91. The Morgan fingerprint density at radius 3 is 2.06 bits per heavy atom. The fourth-order valence-corrected chi connectivity index (χ4v) is 7.72. The number of carbonyl (C=O) groups is 2. The Bertz CT molecular complexity index is 876. The van der Waals surface area contributed by atoms with Crippen LogP contribution in [0.15, 0.2) is 30.3 Å². The molecule has 1 aromatic carbocycles. The number of hydrogen-bond acceptors (Lipinski definition) is 2. The molecule has 34 heavy (non-hydrogen) atoms. The van der Waals surface area contributed by atoms with Gasteiger partial charge in [0.2, 0.25) is 0 Å². The number of piperazine rings is 3. The number of anilines is 1. The summed E-state index contributed by atoms with van der Waals surface area (Å²) < 4.78 is 1.80. The van der Waals surface area contributed by atoms with E-state index in [1.54, 1.807) is 0 Å². The number of nitrogens with zero attached hydrogens (tertiary/aromatic N) is 3. The summed E-state index contributed by atoms with van der Waals surface area (Å²) >= 11 is 0. The topological polar surface area (TPSA) is 49.4 Å². The Kier molecular flexibility index (Phi) is 6.49. The van der Waals surface area contributed by atoms with Crippen molar-refractivity contribution in [2.24, 2.45) is 17.8 Å². The summed E-state index contributed by atoms with van der Waals surface area (Å²) in [6.45, 7) is 13.6. The molecule has 6 heteroatoms. The maximum absolute atomic E-state index is 13.4. The molecule has 0 unspecified atom stereocenters. The van der Waals surface area contributed by atoms with Gasteiger partial charge in [-0.05, 0) is 69.9 Å². The first kappa shape index (κ1) is 23.8. The molecule has 1 N–H and O–H groups in total. The van der Waals surface area contributed by atoms with E-state index in [4.69, 9.17) is 0 Å². The van der Waals surface area contributed by atoms with E-state index in [0.29, 0.717) is 25.0 Å². The molecule has 186 valence electrons. The van der Waals surface area contributed by atoms with Crippen LogP contribution in [-0.2, 0) is 9.59 Å². The van der Waals surface area contributed by atoms with Gasteiger partial charge in [0, 0.05) is 17.8 Å². The Labute approximate surface area is 205 Å². The third-order valence-corrected chi connectivity index (χ3v) is 9.74. The maximum atomic E-state index is 13.4. The number of amides is 2. The van der Waals surface area contributed by atoms with Crippen LogP contribution in [0.3, 0.4) is 0 Å². The van der Waals surface area contributed by atoms with Crippen molar-refractivity contribution in [1.29, 1.82) is 0 Å². The zero-order valence-corrected chi connectivity index (χ0v) is 21.4. The molecular weight excluding hydrogens is 424 g/mol. The third kappa shape index (κ3) is 4.64. The Morgan fingerprint density at radius 2 is 1.53 bits per heavy atom. The molecule has 3 heterocycles. The molecule has 6 rings (SSSR count). The number of para-hydroxylation sites is 1. The van der Waals surface area contributed by atoms with Gasteiger partial charge in [-0.25, -0.2) is 0 Å². The van der Waals surface area contributed by atoms with Gasteiger partial charge in [0.05, 0.1) is 0 Å². The van der Waals surface area contributed by atoms with Crippen molar-refractivity contribution >= 4 is 17.5 Å². The number of hydrogen-bond donors (Lipinski definition) is 1. The quantitative estimate of drug-likeness (QED) is 0.597. The van der Waals surface area contributed by atoms with Crippen LogP contribution in [0, 0.1) is 17.8 Å². The number of carbonyl (C=O) groups excluding carboxylic acids is 2. The zero-order valence-electron chi connectivity index (χ0n) is 21.4. The SMILES string of the molecule is CC(C)N(C(=O)C[N+]12CC[N+](CC(=O)N[C@@H](C)[C@@H]3C[C@H]4CC[C@H]3C4)(CC1)CC2)c1ccccc1. The predicted octanol–water partition coefficient (Wildman–Crippen LogP) is 3.03. The molecule has 4 atom stereocenters. The minimum absolute atomic E-state index is 0.137. The van der Waals surface area contributed by atoms with Crippen LogP contribution in [0.4, 0.5) is 5.69 Å². The second kappa shape index (κ2) is 9.27. The Balaban J connectivity index is 1.15. The van der Waals surface area contributed by atoms with Crippen molar-refractivity contribution in [2.45, 2.75) is 58.5 Å². The van der Waals surface area contributed by atoms with Gasteiger partial charge in [-0.2, -0.15) is 0 Å². The minimum Gasteiger partial charge on any atom is -0.348 e. The minimum atomic E-state index is 0.137. The summed E-state index contributed by atoms with van der Waals surface area (Å²) in [6.07, 6.45) is 5.48. The van der Waals surface area contributed by atoms with Gasteiger partial charge < -0.3 is 19.2 Å². The van der Waals surface area contributed by atoms with Gasteiger partial charge in [0.25, 0.3) is 11.8 Å². The molecule has 5 aliphatic rings. The van der Waals surface area contributed by atoms with Gasteiger partial charge in [0.15, 0.2) is 13.1 Å². The standard InChI is InChI=1S/C28H43N4O2/c1-21(2)30(25-7-5-4-6-8-25)28(34)20-32-14-11-31(12-15-32,13-16-32)19-27(33)29-22(3)26-18-23-9-10-24(26)17-23/h4-8,21-24,26H,9-20H2,1-3H3/q+1/p+1/t22-,23-,24-,26-,31?,32?/m0/s1. The van der Waals surface area contributed by atoms with Crippen molar-refractivity contribution in [3.05, 3.63) is 30.3 Å². The second-order valence-corrected chi connectivity index (χ2v) is 12.2. The summed E-state index contributed by atoms with van der Waals surface area (Å²) in [5, 5.41) is 3.40. The maximum Gasteiger partial charge on any atom is 0.282 e. The molecule has 3 aliphatic heterocycles. The molecule has 0 spiro atoms. The first-order valence-electron chi connectivity index (χ1n) is 13.6. The molecule has 4 bridgehead atoms. The molecule has 2 saturated carbocycles. The molecule has 5 fully saturated rings. The zero-order chi connectivity index (χ0) is 23.9. The highest BCUT2D eigenvalue weighted by atomic mass is 16.2. The van der Waals surface area contributed by atoms with E-state index in [1.165, 1.54) is 25.7 Å². The summed E-state index contributed by atoms with van der Waals surface area (Å²) in [4.78, 5) is 28.4. The Hall–Kier alpha value is -1.92. The number of quaternary nitrogens is 2. The highest BCUT2D eigenvalue weighted by molar-refractivity contribution is 5.94. The van der Waals surface area contributed by atoms with Crippen LogP contribution in [0.1, 0.15) is 46.5 Å². The third-order valence-electron chi connectivity index (χ3n) is 9.74. The fourth-order valence-electron chi connectivity index (χ4n) is 7.72. The Morgan fingerprint density at radius 1 is 0.912 bits per heavy atom. The van der Waals surface area contributed by atoms with E-state index in [2.05, 4.69) is 26.1 Å². The normalized spacial score (nSPS) is 34.9. The second-order valence-electron chi connectivity index (χ2n) is 12.2. The monoisotopic (exact) mass is 468 g/mol. The molecule has 0 radical (unpaired) electrons. The summed E-state index contributed by atoms with van der Waals surface area (Å²) in [5.41, 5.74) is 0.987. The van der Waals surface area contributed by atoms with Crippen LogP contribution in [0.2, 0.25) is 0 Å². The highest BCUT2D eigenvalue weighted by Gasteiger charge is 2.51. The van der Waals surface area contributed by atoms with E-state index in [1.807, 2.05) is 35.2 Å². The van der Waals surface area contributed by atoms with Gasteiger partial charge >= 0.3 is 0 Å². The van der Waals surface area contributed by atoms with Crippen molar-refractivity contribution in [3.8, 4) is 0 Å². The van der Waals surface area contributed by atoms with Gasteiger partial charge in [0.1, 0.15) is 39.3 Å². The van der Waals surface area contributed by atoms with E-state index in [9.17, 15) is 9.59 Å². The van der Waals surface area contributed by atoms with Crippen LogP contribution >= 0.6 is 0 Å². The van der Waals surface area contributed by atoms with Crippen molar-refractivity contribution < 1.29 is 18.6 Å². The van der Waals surface area contributed by atoms with Gasteiger partial charge in [-0.1, -0.05) is 24.6 Å². The first-order chi connectivity index (χ1) is 16.3. The molecular formula is C28H44N4O2+2. The lowest BCUT2D eigenvalue weighted by atomic mass is 9.84. The average Bonchev–Trinajstić information content (AvgIpc) is 3.45. The lowest BCUT2D eigenvalue weighted by Crippen LogP contribution is -2.77. The molecule has 2 amide bonds. The van der Waals surface area contributed by atoms with Crippen molar-refractivity contribution in [3.63, 3.8) is 0 Å². The van der Waals surface area contributed by atoms with E-state index >= 15 is 0 Å². The molecule has 1 aromatic rings. The lowest BCUT2D eigenvalue weighted by Gasteiger charge is -2.55. The summed E-state index contributed by atoms with van der Waals surface area (Å²) in [7, 11) is 0. The molecule has 3 saturated heterocycles. The predicted molar refractivity (Wildman–Crippen MR) is 135 cm³/mol. The first-order valence-corrected chi connectivity index (χ1v) is 13.6. The number of nitrogens with one attached hydrogen (secondary N) is 1.